The third kappa shape index (κ3) is 2.14. The lowest BCUT2D eigenvalue weighted by molar-refractivity contribution is 0.223. The molecule has 0 bridgehead atoms. The molecule has 1 aliphatic heterocycles. The molecule has 0 amide bonds. The summed E-state index contributed by atoms with van der Waals surface area (Å²) >= 11 is 0. The van der Waals surface area contributed by atoms with E-state index in [1.54, 1.807) is 0 Å². The summed E-state index contributed by atoms with van der Waals surface area (Å²) in [6.07, 6.45) is 4.30. The van der Waals surface area contributed by atoms with Crippen LogP contribution >= 0.6 is 0 Å². The Bertz CT molecular complexity index is 349. The van der Waals surface area contributed by atoms with Crippen molar-refractivity contribution in [3.63, 3.8) is 0 Å². The maximum absolute atomic E-state index is 2.33. The van der Waals surface area contributed by atoms with Gasteiger partial charge in [0, 0.05) is 23.6 Å². The maximum atomic E-state index is 2.33. The van der Waals surface area contributed by atoms with Crippen LogP contribution in [0.5, 0.6) is 0 Å². The third-order valence-corrected chi connectivity index (χ3v) is 2.68. The zero-order chi connectivity index (χ0) is 10.9. The number of benzene rings is 1. The van der Waals surface area contributed by atoms with Gasteiger partial charge in [0.25, 0.3) is 0 Å². The smallest absolute Gasteiger partial charge is 0.0946 e. The number of para-hydroxylation sites is 1. The van der Waals surface area contributed by atoms with E-state index in [9.17, 15) is 0 Å². The van der Waals surface area contributed by atoms with Gasteiger partial charge in [0.1, 0.15) is 0 Å². The van der Waals surface area contributed by atoms with Crippen molar-refractivity contribution in [3.8, 4) is 0 Å². The second-order valence-electron chi connectivity index (χ2n) is 4.89. The van der Waals surface area contributed by atoms with Gasteiger partial charge in [0.15, 0.2) is 0 Å². The lowest BCUT2D eigenvalue weighted by Gasteiger charge is -2.33. The Balaban J connectivity index is 2.10. The molecule has 2 nitrogen and oxygen atoms in total. The third-order valence-electron chi connectivity index (χ3n) is 2.68. The van der Waals surface area contributed by atoms with E-state index in [1.165, 1.54) is 5.69 Å². The van der Waals surface area contributed by atoms with Crippen LogP contribution in [0.2, 0.25) is 0 Å². The van der Waals surface area contributed by atoms with E-state index in [0.717, 1.165) is 6.67 Å². The van der Waals surface area contributed by atoms with E-state index in [0.29, 0.717) is 0 Å². The van der Waals surface area contributed by atoms with E-state index in [-0.39, 0.29) is 5.54 Å². The molecule has 0 spiro atoms. The highest BCUT2D eigenvalue weighted by Crippen LogP contribution is 2.23. The first-order valence-electron chi connectivity index (χ1n) is 5.34. The molecule has 0 unspecified atom stereocenters. The molecule has 0 saturated carbocycles. The molecule has 0 fully saturated rings. The summed E-state index contributed by atoms with van der Waals surface area (Å²) in [5.74, 6) is 0. The molecule has 0 aromatic heterocycles. The molecule has 2 rings (SSSR count). The molecule has 1 aromatic rings. The second kappa shape index (κ2) is 3.61. The molecule has 15 heavy (non-hydrogen) atoms. The van der Waals surface area contributed by atoms with Crippen molar-refractivity contribution >= 4 is 5.69 Å². The van der Waals surface area contributed by atoms with Crippen LogP contribution in [0.1, 0.15) is 20.8 Å². The monoisotopic (exact) mass is 202 g/mol. The van der Waals surface area contributed by atoms with Crippen molar-refractivity contribution < 1.29 is 0 Å². The number of hydrogen-bond donors (Lipinski definition) is 0. The number of anilines is 1. The standard InChI is InChI=1S/C13H18N2/c1-13(2,3)15-10-9-14(11-15)12-7-5-4-6-8-12/h4-10H,11H2,1-3H3. The van der Waals surface area contributed by atoms with E-state index < -0.39 is 0 Å². The lowest BCUT2D eigenvalue weighted by atomic mass is 10.1. The van der Waals surface area contributed by atoms with E-state index in [4.69, 9.17) is 0 Å². The largest absolute Gasteiger partial charge is 0.353 e. The first-order chi connectivity index (χ1) is 7.07. The van der Waals surface area contributed by atoms with Crippen molar-refractivity contribution in [3.05, 3.63) is 42.7 Å². The average Bonchev–Trinajstić information content (AvgIpc) is 2.67. The predicted octanol–water partition coefficient (Wildman–Crippen LogP) is 3.04. The minimum Gasteiger partial charge on any atom is -0.353 e. The van der Waals surface area contributed by atoms with Crippen molar-refractivity contribution in [2.24, 2.45) is 0 Å². The molecule has 0 atom stereocenters. The number of hydrogen-bond acceptors (Lipinski definition) is 2. The molecule has 80 valence electrons. The van der Waals surface area contributed by atoms with Crippen molar-refractivity contribution in [2.75, 3.05) is 11.6 Å². The Hall–Kier alpha value is -1.44. The molecular formula is C13H18N2. The molecule has 0 saturated heterocycles. The van der Waals surface area contributed by atoms with Gasteiger partial charge in [0.05, 0.1) is 6.67 Å². The van der Waals surface area contributed by atoms with Gasteiger partial charge < -0.3 is 9.80 Å². The topological polar surface area (TPSA) is 6.48 Å². The summed E-state index contributed by atoms with van der Waals surface area (Å²) in [5.41, 5.74) is 1.44. The van der Waals surface area contributed by atoms with Gasteiger partial charge in [-0.05, 0) is 32.9 Å². The summed E-state index contributed by atoms with van der Waals surface area (Å²) in [6.45, 7) is 7.62. The minimum atomic E-state index is 0.194. The average molecular weight is 202 g/mol. The maximum Gasteiger partial charge on any atom is 0.0946 e. The van der Waals surface area contributed by atoms with E-state index >= 15 is 0 Å². The first kappa shape index (κ1) is 10.1. The highest BCUT2D eigenvalue weighted by atomic mass is 15.4. The first-order valence-corrected chi connectivity index (χ1v) is 5.34. The van der Waals surface area contributed by atoms with E-state index in [1.807, 2.05) is 6.07 Å². The fourth-order valence-corrected chi connectivity index (χ4v) is 1.64. The Morgan fingerprint density at radius 3 is 2.20 bits per heavy atom. The fraction of sp³-hybridized carbons (Fsp3) is 0.385. The Kier molecular flexibility index (Phi) is 2.43. The van der Waals surface area contributed by atoms with Crippen LogP contribution < -0.4 is 4.90 Å². The van der Waals surface area contributed by atoms with Crippen LogP contribution in [-0.4, -0.2) is 17.1 Å². The minimum absolute atomic E-state index is 0.194. The van der Waals surface area contributed by atoms with E-state index in [2.05, 4.69) is 67.2 Å². The Morgan fingerprint density at radius 1 is 1.00 bits per heavy atom. The molecule has 1 heterocycles. The molecular weight excluding hydrogens is 184 g/mol. The summed E-state index contributed by atoms with van der Waals surface area (Å²) in [4.78, 5) is 4.59. The van der Waals surface area contributed by atoms with Gasteiger partial charge in [-0.15, -0.1) is 0 Å². The van der Waals surface area contributed by atoms with Crippen LogP contribution in [0.25, 0.3) is 0 Å². The van der Waals surface area contributed by atoms with Gasteiger partial charge in [-0.25, -0.2) is 0 Å². The van der Waals surface area contributed by atoms with Crippen LogP contribution in [0.4, 0.5) is 5.69 Å². The predicted molar refractivity (Wildman–Crippen MR) is 64.5 cm³/mol. The highest BCUT2D eigenvalue weighted by Gasteiger charge is 2.23. The number of rotatable bonds is 1. The highest BCUT2D eigenvalue weighted by molar-refractivity contribution is 5.49. The molecule has 0 radical (unpaired) electrons. The number of nitrogens with zero attached hydrogens (tertiary/aromatic N) is 2. The summed E-state index contributed by atoms with van der Waals surface area (Å²) in [5, 5.41) is 0. The Morgan fingerprint density at radius 2 is 1.67 bits per heavy atom. The zero-order valence-corrected chi connectivity index (χ0v) is 9.64. The van der Waals surface area contributed by atoms with Crippen molar-refractivity contribution in [1.82, 2.24) is 4.90 Å². The van der Waals surface area contributed by atoms with Gasteiger partial charge in [-0.2, -0.15) is 0 Å². The van der Waals surface area contributed by atoms with Crippen LogP contribution in [-0.2, 0) is 0 Å². The molecule has 2 heteroatoms. The van der Waals surface area contributed by atoms with Gasteiger partial charge >= 0.3 is 0 Å². The van der Waals surface area contributed by atoms with Crippen molar-refractivity contribution in [2.45, 2.75) is 26.3 Å². The van der Waals surface area contributed by atoms with Crippen LogP contribution in [0, 0.1) is 0 Å². The Labute approximate surface area is 91.8 Å². The normalized spacial score (nSPS) is 16.2. The van der Waals surface area contributed by atoms with Crippen LogP contribution in [0.15, 0.2) is 42.7 Å². The van der Waals surface area contributed by atoms with Gasteiger partial charge in [-0.3, -0.25) is 0 Å². The lowest BCUT2D eigenvalue weighted by Crippen LogP contribution is -2.39. The van der Waals surface area contributed by atoms with Gasteiger partial charge in [-0.1, -0.05) is 18.2 Å². The van der Waals surface area contributed by atoms with Crippen molar-refractivity contribution in [1.29, 1.82) is 0 Å². The van der Waals surface area contributed by atoms with Crippen LogP contribution in [0.3, 0.4) is 0 Å². The summed E-state index contributed by atoms with van der Waals surface area (Å²) < 4.78 is 0. The second-order valence-corrected chi connectivity index (χ2v) is 4.89. The molecule has 1 aromatic carbocycles. The van der Waals surface area contributed by atoms with Gasteiger partial charge in [0.2, 0.25) is 0 Å². The zero-order valence-electron chi connectivity index (χ0n) is 9.64. The molecule has 0 aliphatic carbocycles. The summed E-state index contributed by atoms with van der Waals surface area (Å²) in [7, 11) is 0. The molecule has 0 N–H and O–H groups in total. The summed E-state index contributed by atoms with van der Waals surface area (Å²) in [6, 6.07) is 10.5. The SMILES string of the molecule is CC(C)(C)N1C=CN(c2ccccc2)C1. The quantitative estimate of drug-likeness (QED) is 0.690. The fourth-order valence-electron chi connectivity index (χ4n) is 1.64. The molecule has 1 aliphatic rings.